The first-order valence-corrected chi connectivity index (χ1v) is 11.1. The molecule has 2 N–H and O–H groups in total. The number of aliphatic hydroxyl groups is 1. The molecule has 1 fully saturated rings. The fraction of sp³-hybridized carbons (Fsp3) is 0.429. The van der Waals surface area contributed by atoms with Crippen molar-refractivity contribution in [2.45, 2.75) is 24.3 Å². The van der Waals surface area contributed by atoms with E-state index in [0.29, 0.717) is 17.9 Å². The van der Waals surface area contributed by atoms with Gasteiger partial charge in [0.15, 0.2) is 0 Å². The number of aryl methyl sites for hydroxylation is 1. The van der Waals surface area contributed by atoms with Gasteiger partial charge in [0.1, 0.15) is 10.6 Å². The predicted molar refractivity (Wildman–Crippen MR) is 112 cm³/mol. The molecule has 7 nitrogen and oxygen atoms in total. The molecule has 3 rings (SSSR count). The number of rotatable bonds is 8. The number of anilines is 1. The highest BCUT2D eigenvalue weighted by molar-refractivity contribution is 7.92. The number of nitrogens with zero attached hydrogens (tertiary/aromatic N) is 1. The Bertz CT molecular complexity index is 909. The number of ether oxygens (including phenoxy) is 2. The Kier molecular flexibility index (Phi) is 7.13. The summed E-state index contributed by atoms with van der Waals surface area (Å²) in [6, 6.07) is 11.8. The maximum absolute atomic E-state index is 12.8. The van der Waals surface area contributed by atoms with E-state index < -0.39 is 16.1 Å². The van der Waals surface area contributed by atoms with Crippen molar-refractivity contribution in [1.82, 2.24) is 4.90 Å². The largest absolute Gasteiger partial charge is 0.495 e. The van der Waals surface area contributed by atoms with Crippen molar-refractivity contribution in [1.29, 1.82) is 0 Å². The molecule has 2 aromatic carbocycles. The maximum Gasteiger partial charge on any atom is 0.265 e. The number of aliphatic hydroxyl groups excluding tert-OH is 1. The minimum absolute atomic E-state index is 0.0922. The van der Waals surface area contributed by atoms with Crippen molar-refractivity contribution >= 4 is 15.7 Å². The van der Waals surface area contributed by atoms with Crippen LogP contribution in [-0.2, 0) is 14.8 Å². The van der Waals surface area contributed by atoms with Crippen LogP contribution in [-0.4, -0.2) is 58.4 Å². The molecular weight excluding hydrogens is 392 g/mol. The molecule has 29 heavy (non-hydrogen) atoms. The van der Waals surface area contributed by atoms with Gasteiger partial charge < -0.3 is 14.6 Å². The highest BCUT2D eigenvalue weighted by atomic mass is 32.2. The second kappa shape index (κ2) is 9.58. The SMILES string of the molecule is COc1ccc(C)cc1S(=O)(=O)Nc1ccc(C(O)CCN2CCOCC2)cc1. The fourth-order valence-corrected chi connectivity index (χ4v) is 4.59. The summed E-state index contributed by atoms with van der Waals surface area (Å²) in [7, 11) is -2.35. The molecule has 0 radical (unpaired) electrons. The molecule has 1 atom stereocenters. The average molecular weight is 421 g/mol. The molecule has 2 aromatic rings. The first-order valence-electron chi connectivity index (χ1n) is 9.64. The van der Waals surface area contributed by atoms with Crippen LogP contribution >= 0.6 is 0 Å². The molecular formula is C21H28N2O5S. The summed E-state index contributed by atoms with van der Waals surface area (Å²) in [6.07, 6.45) is 0.0198. The molecule has 1 saturated heterocycles. The quantitative estimate of drug-likeness (QED) is 0.682. The van der Waals surface area contributed by atoms with E-state index in [0.717, 1.165) is 44.0 Å². The van der Waals surface area contributed by atoms with Crippen molar-refractivity contribution in [3.63, 3.8) is 0 Å². The van der Waals surface area contributed by atoms with E-state index in [2.05, 4.69) is 9.62 Å². The molecule has 8 heteroatoms. The number of hydrogen-bond acceptors (Lipinski definition) is 6. The zero-order valence-corrected chi connectivity index (χ0v) is 17.6. The summed E-state index contributed by atoms with van der Waals surface area (Å²) in [5, 5.41) is 10.4. The third-order valence-electron chi connectivity index (χ3n) is 4.98. The molecule has 1 aliphatic heterocycles. The number of morpholine rings is 1. The van der Waals surface area contributed by atoms with Crippen LogP contribution in [0.3, 0.4) is 0 Å². The zero-order chi connectivity index (χ0) is 20.9. The second-order valence-electron chi connectivity index (χ2n) is 7.14. The lowest BCUT2D eigenvalue weighted by atomic mass is 10.1. The minimum Gasteiger partial charge on any atom is -0.495 e. The maximum atomic E-state index is 12.8. The normalized spacial score (nSPS) is 16.4. The minimum atomic E-state index is -3.79. The van der Waals surface area contributed by atoms with Crippen molar-refractivity contribution in [3.05, 3.63) is 53.6 Å². The topological polar surface area (TPSA) is 88.1 Å². The van der Waals surface area contributed by atoms with Crippen molar-refractivity contribution in [2.24, 2.45) is 0 Å². The number of sulfonamides is 1. The van der Waals surface area contributed by atoms with Gasteiger partial charge in [-0.3, -0.25) is 9.62 Å². The monoisotopic (exact) mass is 420 g/mol. The molecule has 0 spiro atoms. The van der Waals surface area contributed by atoms with Crippen LogP contribution < -0.4 is 9.46 Å². The van der Waals surface area contributed by atoms with Crippen LogP contribution in [0.5, 0.6) is 5.75 Å². The number of hydrogen-bond donors (Lipinski definition) is 2. The van der Waals surface area contributed by atoms with Crippen molar-refractivity contribution < 1.29 is 23.0 Å². The first kappa shape index (κ1) is 21.6. The van der Waals surface area contributed by atoms with Gasteiger partial charge in [0.2, 0.25) is 0 Å². The van der Waals surface area contributed by atoms with Gasteiger partial charge in [-0.05, 0) is 48.7 Å². The van der Waals surface area contributed by atoms with Gasteiger partial charge in [0.05, 0.1) is 26.4 Å². The van der Waals surface area contributed by atoms with E-state index in [1.54, 1.807) is 42.5 Å². The summed E-state index contributed by atoms with van der Waals surface area (Å²) >= 11 is 0. The molecule has 0 aromatic heterocycles. The number of methoxy groups -OCH3 is 1. The summed E-state index contributed by atoms with van der Waals surface area (Å²) < 4.78 is 38.6. The fourth-order valence-electron chi connectivity index (χ4n) is 3.27. The predicted octanol–water partition coefficient (Wildman–Crippen LogP) is 2.56. The van der Waals surface area contributed by atoms with Gasteiger partial charge in [-0.1, -0.05) is 18.2 Å². The molecule has 0 saturated carbocycles. The Morgan fingerprint density at radius 3 is 2.52 bits per heavy atom. The summed E-state index contributed by atoms with van der Waals surface area (Å²) in [5.41, 5.74) is 2.01. The number of nitrogens with one attached hydrogen (secondary N) is 1. The molecule has 0 amide bonds. The van der Waals surface area contributed by atoms with Crippen LogP contribution in [0, 0.1) is 6.92 Å². The summed E-state index contributed by atoms with van der Waals surface area (Å²) in [4.78, 5) is 2.36. The van der Waals surface area contributed by atoms with Crippen molar-refractivity contribution in [2.75, 3.05) is 44.7 Å². The van der Waals surface area contributed by atoms with E-state index in [1.165, 1.54) is 7.11 Å². The van der Waals surface area contributed by atoms with Gasteiger partial charge in [0, 0.05) is 25.3 Å². The molecule has 0 bridgehead atoms. The molecule has 0 aliphatic carbocycles. The Hall–Kier alpha value is -2.13. The molecule has 1 unspecified atom stereocenters. The van der Waals surface area contributed by atoms with E-state index in [4.69, 9.17) is 9.47 Å². The zero-order valence-electron chi connectivity index (χ0n) is 16.8. The van der Waals surface area contributed by atoms with E-state index in [9.17, 15) is 13.5 Å². The first-order chi connectivity index (χ1) is 13.9. The Labute approximate surface area is 172 Å². The smallest absolute Gasteiger partial charge is 0.265 e. The average Bonchev–Trinajstić information content (AvgIpc) is 2.73. The lowest BCUT2D eigenvalue weighted by molar-refractivity contribution is 0.0300. The van der Waals surface area contributed by atoms with E-state index in [-0.39, 0.29) is 4.90 Å². The summed E-state index contributed by atoms with van der Waals surface area (Å²) in [5.74, 6) is 0.290. The van der Waals surface area contributed by atoms with Crippen LogP contribution in [0.4, 0.5) is 5.69 Å². The van der Waals surface area contributed by atoms with Gasteiger partial charge in [0.25, 0.3) is 10.0 Å². The van der Waals surface area contributed by atoms with Crippen LogP contribution in [0.15, 0.2) is 47.4 Å². The van der Waals surface area contributed by atoms with Gasteiger partial charge in [-0.25, -0.2) is 8.42 Å². The summed E-state index contributed by atoms with van der Waals surface area (Å²) in [6.45, 7) is 5.86. The highest BCUT2D eigenvalue weighted by Crippen LogP contribution is 2.27. The number of benzene rings is 2. The van der Waals surface area contributed by atoms with E-state index in [1.807, 2.05) is 6.92 Å². The Morgan fingerprint density at radius 1 is 1.17 bits per heavy atom. The van der Waals surface area contributed by atoms with Gasteiger partial charge in [-0.15, -0.1) is 0 Å². The van der Waals surface area contributed by atoms with E-state index >= 15 is 0 Å². The van der Waals surface area contributed by atoms with Crippen LogP contribution in [0.2, 0.25) is 0 Å². The molecule has 1 aliphatic rings. The molecule has 1 heterocycles. The lowest BCUT2D eigenvalue weighted by Crippen LogP contribution is -2.37. The standard InChI is InChI=1S/C21H28N2O5S/c1-16-3-8-20(27-2)21(15-16)29(25,26)22-18-6-4-17(5-7-18)19(24)9-10-23-11-13-28-14-12-23/h3-8,15,19,22,24H,9-14H2,1-2H3. The Morgan fingerprint density at radius 2 is 1.86 bits per heavy atom. The van der Waals surface area contributed by atoms with Gasteiger partial charge >= 0.3 is 0 Å². The Balaban J connectivity index is 1.64. The highest BCUT2D eigenvalue weighted by Gasteiger charge is 2.20. The van der Waals surface area contributed by atoms with Crippen molar-refractivity contribution in [3.8, 4) is 5.75 Å². The lowest BCUT2D eigenvalue weighted by Gasteiger charge is -2.27. The third kappa shape index (κ3) is 5.70. The van der Waals surface area contributed by atoms with Crippen LogP contribution in [0.1, 0.15) is 23.7 Å². The second-order valence-corrected chi connectivity index (χ2v) is 8.79. The van der Waals surface area contributed by atoms with Gasteiger partial charge in [-0.2, -0.15) is 0 Å². The van der Waals surface area contributed by atoms with Crippen LogP contribution in [0.25, 0.3) is 0 Å². The third-order valence-corrected chi connectivity index (χ3v) is 6.38. The molecule has 158 valence electrons.